The van der Waals surface area contributed by atoms with E-state index in [1.165, 1.54) is 0 Å². The minimum Gasteiger partial charge on any atom is -0.357 e. The van der Waals surface area contributed by atoms with Crippen molar-refractivity contribution in [2.24, 2.45) is 0 Å². The summed E-state index contributed by atoms with van der Waals surface area (Å²) in [6, 6.07) is 3.14. The van der Waals surface area contributed by atoms with Gasteiger partial charge >= 0.3 is 0 Å². The van der Waals surface area contributed by atoms with Gasteiger partial charge in [-0.2, -0.15) is 11.8 Å². The Balaban J connectivity index is 2.83. The second-order valence-corrected chi connectivity index (χ2v) is 6.50. The lowest BCUT2D eigenvalue weighted by Crippen LogP contribution is -2.46. The highest BCUT2D eigenvalue weighted by atomic mass is 32.2. The van der Waals surface area contributed by atoms with E-state index in [1.807, 2.05) is 19.2 Å². The predicted octanol–water partition coefficient (Wildman–Crippen LogP) is 1.79. The van der Waals surface area contributed by atoms with Crippen molar-refractivity contribution in [1.82, 2.24) is 15.6 Å². The lowest BCUT2D eigenvalue weighted by molar-refractivity contribution is -0.122. The summed E-state index contributed by atoms with van der Waals surface area (Å²) >= 11 is 3.20. The summed E-state index contributed by atoms with van der Waals surface area (Å²) in [6.07, 6.45) is 4.15. The first-order valence-corrected chi connectivity index (χ1v) is 9.11. The van der Waals surface area contributed by atoms with Gasteiger partial charge in [-0.15, -0.1) is 11.8 Å². The maximum absolute atomic E-state index is 12.4. The van der Waals surface area contributed by atoms with Crippen LogP contribution in [0.15, 0.2) is 23.2 Å². The zero-order valence-corrected chi connectivity index (χ0v) is 14.1. The van der Waals surface area contributed by atoms with E-state index in [1.54, 1.807) is 42.8 Å². The number of hydrogen-bond acceptors (Lipinski definition) is 5. The van der Waals surface area contributed by atoms with Crippen molar-refractivity contribution in [2.45, 2.75) is 24.3 Å². The Kier molecular flexibility index (Phi) is 8.22. The number of amides is 2. The van der Waals surface area contributed by atoms with Crippen LogP contribution in [0, 0.1) is 0 Å². The summed E-state index contributed by atoms with van der Waals surface area (Å²) in [7, 11) is 1.57. The molecule has 0 aliphatic carbocycles. The van der Waals surface area contributed by atoms with Crippen molar-refractivity contribution in [3.8, 4) is 0 Å². The van der Waals surface area contributed by atoms with E-state index in [0.717, 1.165) is 16.4 Å². The Hall–Kier alpha value is -1.21. The van der Waals surface area contributed by atoms with Gasteiger partial charge in [0.25, 0.3) is 5.91 Å². The molecule has 2 amide bonds. The molecule has 1 atom stereocenters. The molecule has 0 saturated carbocycles. The summed E-state index contributed by atoms with van der Waals surface area (Å²) in [5.41, 5.74) is 0.377. The van der Waals surface area contributed by atoms with Crippen LogP contribution in [0.1, 0.15) is 23.8 Å². The van der Waals surface area contributed by atoms with Gasteiger partial charge in [-0.25, -0.2) is 4.98 Å². The number of aromatic nitrogens is 1. The molecule has 0 unspecified atom stereocenters. The number of likely N-dealkylation sites (N-methyl/N-ethyl adjacent to an activating group) is 1. The highest BCUT2D eigenvalue weighted by molar-refractivity contribution is 7.99. The quantitative estimate of drug-likeness (QED) is 0.712. The molecule has 1 aromatic heterocycles. The van der Waals surface area contributed by atoms with E-state index in [4.69, 9.17) is 0 Å². The largest absolute Gasteiger partial charge is 0.357 e. The van der Waals surface area contributed by atoms with Gasteiger partial charge in [0.1, 0.15) is 11.7 Å². The van der Waals surface area contributed by atoms with Crippen molar-refractivity contribution in [3.63, 3.8) is 0 Å². The van der Waals surface area contributed by atoms with Gasteiger partial charge in [0.2, 0.25) is 5.91 Å². The number of hydrogen-bond donors (Lipinski definition) is 2. The Labute approximate surface area is 134 Å². The van der Waals surface area contributed by atoms with E-state index in [-0.39, 0.29) is 11.8 Å². The first-order chi connectivity index (χ1) is 10.1. The van der Waals surface area contributed by atoms with Crippen molar-refractivity contribution in [1.29, 1.82) is 0 Å². The molecule has 5 nitrogen and oxygen atoms in total. The third kappa shape index (κ3) is 5.59. The van der Waals surface area contributed by atoms with Crippen molar-refractivity contribution in [3.05, 3.63) is 24.0 Å². The molecule has 1 rings (SSSR count). The van der Waals surface area contributed by atoms with Crippen LogP contribution in [-0.4, -0.2) is 47.6 Å². The highest BCUT2D eigenvalue weighted by Gasteiger charge is 2.22. The molecule has 0 aliphatic rings. The maximum Gasteiger partial charge on any atom is 0.271 e. The van der Waals surface area contributed by atoms with Crippen LogP contribution in [0.3, 0.4) is 0 Å². The molecule has 0 bridgehead atoms. The van der Waals surface area contributed by atoms with Crippen LogP contribution >= 0.6 is 23.5 Å². The average molecular weight is 327 g/mol. The Morgan fingerprint density at radius 2 is 2.19 bits per heavy atom. The molecule has 21 heavy (non-hydrogen) atoms. The predicted molar refractivity (Wildman–Crippen MR) is 89.0 cm³/mol. The molecular formula is C14H21N3O2S2. The van der Waals surface area contributed by atoms with Gasteiger partial charge < -0.3 is 10.6 Å². The minimum atomic E-state index is -0.531. The summed E-state index contributed by atoms with van der Waals surface area (Å²) in [5, 5.41) is 5.36. The molecule has 7 heteroatoms. The SMILES string of the molecule is CCSc1cccnc1C(=O)N[C@@H](CCSC)C(=O)NC. The van der Waals surface area contributed by atoms with Gasteiger partial charge in [0.05, 0.1) is 0 Å². The fraction of sp³-hybridized carbons (Fsp3) is 0.500. The molecule has 116 valence electrons. The fourth-order valence-electron chi connectivity index (χ4n) is 1.74. The average Bonchev–Trinajstić information content (AvgIpc) is 2.51. The molecule has 1 heterocycles. The van der Waals surface area contributed by atoms with Gasteiger partial charge in [0, 0.05) is 18.1 Å². The van der Waals surface area contributed by atoms with Crippen LogP contribution in [0.5, 0.6) is 0 Å². The Morgan fingerprint density at radius 1 is 1.43 bits per heavy atom. The molecular weight excluding hydrogens is 306 g/mol. The molecule has 0 aliphatic heterocycles. The van der Waals surface area contributed by atoms with Gasteiger partial charge in [-0.3, -0.25) is 9.59 Å². The third-order valence-corrected chi connectivity index (χ3v) is 4.34. The molecule has 0 spiro atoms. The lowest BCUT2D eigenvalue weighted by atomic mass is 10.2. The topological polar surface area (TPSA) is 71.1 Å². The molecule has 0 saturated heterocycles. The van der Waals surface area contributed by atoms with Crippen LogP contribution in [0.2, 0.25) is 0 Å². The van der Waals surface area contributed by atoms with E-state index in [2.05, 4.69) is 15.6 Å². The maximum atomic E-state index is 12.4. The first kappa shape index (κ1) is 17.8. The van der Waals surface area contributed by atoms with Gasteiger partial charge in [-0.1, -0.05) is 6.92 Å². The summed E-state index contributed by atoms with van der Waals surface area (Å²) in [6.45, 7) is 2.02. The smallest absolute Gasteiger partial charge is 0.271 e. The molecule has 0 radical (unpaired) electrons. The number of carbonyl (C=O) groups excluding carboxylic acids is 2. The van der Waals surface area contributed by atoms with E-state index < -0.39 is 6.04 Å². The number of nitrogens with zero attached hydrogens (tertiary/aromatic N) is 1. The third-order valence-electron chi connectivity index (χ3n) is 2.76. The zero-order chi connectivity index (χ0) is 15.7. The van der Waals surface area contributed by atoms with Crippen LogP contribution < -0.4 is 10.6 Å². The number of nitrogens with one attached hydrogen (secondary N) is 2. The highest BCUT2D eigenvalue weighted by Crippen LogP contribution is 2.20. The molecule has 1 aromatic rings. The Bertz CT molecular complexity index is 483. The first-order valence-electron chi connectivity index (χ1n) is 6.73. The Morgan fingerprint density at radius 3 is 2.81 bits per heavy atom. The fourth-order valence-corrected chi connectivity index (χ4v) is 2.98. The van der Waals surface area contributed by atoms with Crippen molar-refractivity contribution in [2.75, 3.05) is 24.8 Å². The standard InChI is InChI=1S/C14H21N3O2S2/c1-4-21-11-6-5-8-16-12(11)14(19)17-10(7-9-20-3)13(18)15-2/h5-6,8,10H,4,7,9H2,1-3H3,(H,15,18)(H,17,19)/t10-/m0/s1. The molecule has 2 N–H and O–H groups in total. The number of carbonyl (C=O) groups is 2. The van der Waals surface area contributed by atoms with Crippen molar-refractivity contribution < 1.29 is 9.59 Å². The second-order valence-electron chi connectivity index (χ2n) is 4.20. The lowest BCUT2D eigenvalue weighted by Gasteiger charge is -2.17. The molecule has 0 aromatic carbocycles. The van der Waals surface area contributed by atoms with Crippen LogP contribution in [0.4, 0.5) is 0 Å². The monoisotopic (exact) mass is 327 g/mol. The normalized spacial score (nSPS) is 11.8. The zero-order valence-electron chi connectivity index (χ0n) is 12.5. The van der Waals surface area contributed by atoms with E-state index in [0.29, 0.717) is 12.1 Å². The number of rotatable bonds is 8. The van der Waals surface area contributed by atoms with Crippen molar-refractivity contribution >= 4 is 35.3 Å². The summed E-state index contributed by atoms with van der Waals surface area (Å²) < 4.78 is 0. The minimum absolute atomic E-state index is 0.182. The van der Waals surface area contributed by atoms with Crippen LogP contribution in [-0.2, 0) is 4.79 Å². The molecule has 0 fully saturated rings. The van der Waals surface area contributed by atoms with E-state index in [9.17, 15) is 9.59 Å². The van der Waals surface area contributed by atoms with Gasteiger partial charge in [0.15, 0.2) is 0 Å². The summed E-state index contributed by atoms with van der Waals surface area (Å²) in [5.74, 6) is 1.17. The second kappa shape index (κ2) is 9.68. The van der Waals surface area contributed by atoms with E-state index >= 15 is 0 Å². The number of pyridine rings is 1. The number of thioether (sulfide) groups is 2. The summed E-state index contributed by atoms with van der Waals surface area (Å²) in [4.78, 5) is 29.2. The van der Waals surface area contributed by atoms with Crippen LogP contribution in [0.25, 0.3) is 0 Å². The van der Waals surface area contributed by atoms with Gasteiger partial charge in [-0.05, 0) is 36.3 Å².